The van der Waals surface area contributed by atoms with E-state index < -0.39 is 6.10 Å². The average molecular weight is 236 g/mol. The number of aliphatic hydroxyl groups is 1. The number of nitrogens with zero attached hydrogens (tertiary/aromatic N) is 1. The van der Waals surface area contributed by atoms with E-state index in [9.17, 15) is 5.11 Å². The number of rotatable bonds is 1. The molecular formula is C7H7BrClNO. The normalized spacial score (nSPS) is 13.1. The number of hydrogen-bond acceptors (Lipinski definition) is 2. The third-order valence-corrected chi connectivity index (χ3v) is 2.17. The van der Waals surface area contributed by atoms with Gasteiger partial charge in [0.15, 0.2) is 0 Å². The molecule has 0 radical (unpaired) electrons. The topological polar surface area (TPSA) is 33.1 Å². The minimum atomic E-state index is -0.523. The van der Waals surface area contributed by atoms with E-state index in [1.807, 2.05) is 0 Å². The second kappa shape index (κ2) is 3.52. The van der Waals surface area contributed by atoms with Gasteiger partial charge in [-0.05, 0) is 34.5 Å². The number of hydrogen-bond donors (Lipinski definition) is 1. The van der Waals surface area contributed by atoms with E-state index in [-0.39, 0.29) is 0 Å². The van der Waals surface area contributed by atoms with Crippen LogP contribution in [0.15, 0.2) is 16.7 Å². The molecule has 1 aromatic heterocycles. The summed E-state index contributed by atoms with van der Waals surface area (Å²) < 4.78 is 0.775. The molecule has 60 valence electrons. The largest absolute Gasteiger partial charge is 0.389 e. The van der Waals surface area contributed by atoms with Crippen LogP contribution in [-0.2, 0) is 0 Å². The Hall–Kier alpha value is -0.120. The van der Waals surface area contributed by atoms with E-state index in [2.05, 4.69) is 20.9 Å². The van der Waals surface area contributed by atoms with Crippen molar-refractivity contribution in [3.8, 4) is 0 Å². The van der Waals surface area contributed by atoms with E-state index in [0.717, 1.165) is 10.0 Å². The smallest absolute Gasteiger partial charge is 0.129 e. The fraction of sp³-hybridized carbons (Fsp3) is 0.286. The van der Waals surface area contributed by atoms with Gasteiger partial charge in [0, 0.05) is 10.7 Å². The molecule has 1 N–H and O–H groups in total. The zero-order chi connectivity index (χ0) is 8.43. The molecule has 0 aromatic carbocycles. The van der Waals surface area contributed by atoms with Gasteiger partial charge < -0.3 is 5.11 Å². The second-order valence-electron chi connectivity index (χ2n) is 2.20. The molecule has 1 atom stereocenters. The highest BCUT2D eigenvalue weighted by atomic mass is 79.9. The second-order valence-corrected chi connectivity index (χ2v) is 3.45. The van der Waals surface area contributed by atoms with Crippen molar-refractivity contribution in [1.82, 2.24) is 4.98 Å². The first-order valence-electron chi connectivity index (χ1n) is 3.10. The SMILES string of the molecule is C[C@H](O)c1cc(Cl)ncc1Br. The zero-order valence-electron chi connectivity index (χ0n) is 5.88. The first kappa shape index (κ1) is 8.97. The summed E-state index contributed by atoms with van der Waals surface area (Å²) in [7, 11) is 0. The maximum atomic E-state index is 9.21. The first-order chi connectivity index (χ1) is 5.11. The van der Waals surface area contributed by atoms with Gasteiger partial charge in [-0.25, -0.2) is 4.98 Å². The van der Waals surface area contributed by atoms with Crippen molar-refractivity contribution in [3.05, 3.63) is 27.5 Å². The minimum Gasteiger partial charge on any atom is -0.389 e. The van der Waals surface area contributed by atoms with E-state index >= 15 is 0 Å². The summed E-state index contributed by atoms with van der Waals surface area (Å²) in [4.78, 5) is 3.83. The Kier molecular flexibility index (Phi) is 2.87. The molecule has 1 rings (SSSR count). The fourth-order valence-electron chi connectivity index (χ4n) is 0.748. The van der Waals surface area contributed by atoms with Crippen molar-refractivity contribution >= 4 is 27.5 Å². The molecule has 2 nitrogen and oxygen atoms in total. The van der Waals surface area contributed by atoms with Gasteiger partial charge in [-0.3, -0.25) is 0 Å². The average Bonchev–Trinajstić information content (AvgIpc) is 1.94. The Labute approximate surface area is 78.3 Å². The molecule has 4 heteroatoms. The Morgan fingerprint density at radius 1 is 1.73 bits per heavy atom. The van der Waals surface area contributed by atoms with Crippen LogP contribution in [0.3, 0.4) is 0 Å². The van der Waals surface area contributed by atoms with Gasteiger partial charge in [0.25, 0.3) is 0 Å². The predicted molar refractivity (Wildman–Crippen MR) is 47.6 cm³/mol. The lowest BCUT2D eigenvalue weighted by atomic mass is 10.2. The number of halogens is 2. The summed E-state index contributed by atoms with van der Waals surface area (Å²) in [6.07, 6.45) is 1.05. The summed E-state index contributed by atoms with van der Waals surface area (Å²) in [5.41, 5.74) is 0.755. The van der Waals surface area contributed by atoms with Crippen molar-refractivity contribution in [2.24, 2.45) is 0 Å². The molecule has 0 aliphatic heterocycles. The number of aliphatic hydroxyl groups excluding tert-OH is 1. The predicted octanol–water partition coefficient (Wildman–Crippen LogP) is 2.55. The Balaban J connectivity index is 3.13. The van der Waals surface area contributed by atoms with Crippen molar-refractivity contribution in [3.63, 3.8) is 0 Å². The van der Waals surface area contributed by atoms with Crippen molar-refractivity contribution < 1.29 is 5.11 Å². The summed E-state index contributed by atoms with van der Waals surface area (Å²) in [5.74, 6) is 0. The highest BCUT2D eigenvalue weighted by Gasteiger charge is 2.06. The monoisotopic (exact) mass is 235 g/mol. The summed E-state index contributed by atoms with van der Waals surface area (Å²) >= 11 is 8.87. The molecule has 0 saturated heterocycles. The van der Waals surface area contributed by atoms with Gasteiger partial charge in [0.05, 0.1) is 6.10 Å². The van der Waals surface area contributed by atoms with Gasteiger partial charge >= 0.3 is 0 Å². The van der Waals surface area contributed by atoms with E-state index in [4.69, 9.17) is 11.6 Å². The molecule has 0 unspecified atom stereocenters. The molecule has 0 fully saturated rings. The zero-order valence-corrected chi connectivity index (χ0v) is 8.22. The Morgan fingerprint density at radius 3 is 2.82 bits per heavy atom. The van der Waals surface area contributed by atoms with Gasteiger partial charge in [-0.1, -0.05) is 11.6 Å². The van der Waals surface area contributed by atoms with E-state index in [1.54, 1.807) is 19.2 Å². The lowest BCUT2D eigenvalue weighted by Gasteiger charge is -2.06. The molecule has 1 heterocycles. The highest BCUT2D eigenvalue weighted by Crippen LogP contribution is 2.24. The van der Waals surface area contributed by atoms with Crippen LogP contribution in [-0.4, -0.2) is 10.1 Å². The highest BCUT2D eigenvalue weighted by molar-refractivity contribution is 9.10. The Morgan fingerprint density at radius 2 is 2.36 bits per heavy atom. The van der Waals surface area contributed by atoms with Crippen LogP contribution in [0, 0.1) is 0 Å². The number of pyridine rings is 1. The summed E-state index contributed by atoms with van der Waals surface area (Å²) in [5, 5.41) is 9.61. The van der Waals surface area contributed by atoms with Gasteiger partial charge in [-0.2, -0.15) is 0 Å². The van der Waals surface area contributed by atoms with Crippen molar-refractivity contribution in [2.75, 3.05) is 0 Å². The number of aromatic nitrogens is 1. The van der Waals surface area contributed by atoms with Gasteiger partial charge in [0.1, 0.15) is 5.15 Å². The maximum absolute atomic E-state index is 9.21. The van der Waals surface area contributed by atoms with Crippen LogP contribution >= 0.6 is 27.5 Å². The standard InChI is InChI=1S/C7H7BrClNO/c1-4(11)5-2-7(9)10-3-6(5)8/h2-4,11H,1H3/t4-/m0/s1. The first-order valence-corrected chi connectivity index (χ1v) is 4.27. The molecule has 0 aliphatic carbocycles. The quantitative estimate of drug-likeness (QED) is 0.760. The van der Waals surface area contributed by atoms with Crippen LogP contribution in [0.2, 0.25) is 5.15 Å². The fourth-order valence-corrected chi connectivity index (χ4v) is 1.46. The molecule has 0 amide bonds. The molecule has 11 heavy (non-hydrogen) atoms. The van der Waals surface area contributed by atoms with Crippen LogP contribution in [0.1, 0.15) is 18.6 Å². The molecule has 1 aromatic rings. The third kappa shape index (κ3) is 2.15. The van der Waals surface area contributed by atoms with E-state index in [1.165, 1.54) is 0 Å². The third-order valence-electron chi connectivity index (χ3n) is 1.30. The summed E-state index contributed by atoms with van der Waals surface area (Å²) in [6.45, 7) is 1.68. The van der Waals surface area contributed by atoms with Gasteiger partial charge in [0.2, 0.25) is 0 Å². The van der Waals surface area contributed by atoms with Crippen molar-refractivity contribution in [2.45, 2.75) is 13.0 Å². The molecular weight excluding hydrogens is 229 g/mol. The maximum Gasteiger partial charge on any atom is 0.129 e. The molecule has 0 spiro atoms. The summed E-state index contributed by atoms with van der Waals surface area (Å²) in [6, 6.07) is 1.64. The lowest BCUT2D eigenvalue weighted by molar-refractivity contribution is 0.198. The molecule has 0 saturated carbocycles. The van der Waals surface area contributed by atoms with Crippen molar-refractivity contribution in [1.29, 1.82) is 0 Å². The van der Waals surface area contributed by atoms with E-state index in [0.29, 0.717) is 5.15 Å². The minimum absolute atomic E-state index is 0.393. The molecule has 0 bridgehead atoms. The van der Waals surface area contributed by atoms with Crippen LogP contribution < -0.4 is 0 Å². The van der Waals surface area contributed by atoms with Crippen LogP contribution in [0.25, 0.3) is 0 Å². The van der Waals surface area contributed by atoms with Crippen LogP contribution in [0.4, 0.5) is 0 Å². The van der Waals surface area contributed by atoms with Crippen LogP contribution in [0.5, 0.6) is 0 Å². The molecule has 0 aliphatic rings. The van der Waals surface area contributed by atoms with Gasteiger partial charge in [-0.15, -0.1) is 0 Å². The Bertz CT molecular complexity index is 265. The lowest BCUT2D eigenvalue weighted by Crippen LogP contribution is -1.93.